The van der Waals surface area contributed by atoms with Crippen LogP contribution in [0.4, 0.5) is 0 Å². The van der Waals surface area contributed by atoms with Gasteiger partial charge in [-0.1, -0.05) is 0 Å². The lowest BCUT2D eigenvalue weighted by Gasteiger charge is -2.38. The van der Waals surface area contributed by atoms with Crippen LogP contribution in [0.25, 0.3) is 0 Å². The van der Waals surface area contributed by atoms with E-state index in [2.05, 4.69) is 29.8 Å². The number of furan rings is 1. The van der Waals surface area contributed by atoms with Crippen molar-refractivity contribution in [1.29, 1.82) is 0 Å². The third-order valence-corrected chi connectivity index (χ3v) is 5.30. The van der Waals surface area contributed by atoms with E-state index < -0.39 is 0 Å². The maximum absolute atomic E-state index is 6.19. The molecule has 0 bridgehead atoms. The summed E-state index contributed by atoms with van der Waals surface area (Å²) in [5.74, 6) is 1.02. The van der Waals surface area contributed by atoms with Crippen LogP contribution in [0.3, 0.4) is 0 Å². The highest BCUT2D eigenvalue weighted by atomic mass is 16.3. The number of hydrogen-bond donors (Lipinski definition) is 1. The summed E-state index contributed by atoms with van der Waals surface area (Å²) in [4.78, 5) is 5.12. The van der Waals surface area contributed by atoms with Crippen LogP contribution in [0.1, 0.15) is 37.5 Å². The molecule has 112 valence electrons. The van der Waals surface area contributed by atoms with Gasteiger partial charge < -0.3 is 10.2 Å². The first-order chi connectivity index (χ1) is 9.55. The highest BCUT2D eigenvalue weighted by Crippen LogP contribution is 2.39. The van der Waals surface area contributed by atoms with Crippen LogP contribution in [0.2, 0.25) is 0 Å². The molecule has 1 aromatic heterocycles. The smallest absolute Gasteiger partial charge is 0.105 e. The van der Waals surface area contributed by atoms with Gasteiger partial charge in [-0.15, -0.1) is 0 Å². The van der Waals surface area contributed by atoms with E-state index in [0.717, 1.165) is 31.4 Å². The summed E-state index contributed by atoms with van der Waals surface area (Å²) in [6.07, 6.45) is 5.69. The summed E-state index contributed by atoms with van der Waals surface area (Å²) in [7, 11) is 2.21. The van der Waals surface area contributed by atoms with E-state index in [4.69, 9.17) is 10.2 Å². The van der Waals surface area contributed by atoms with Gasteiger partial charge in [-0.2, -0.15) is 0 Å². The lowest BCUT2D eigenvalue weighted by Crippen LogP contribution is -2.53. The van der Waals surface area contributed by atoms with E-state index in [0.29, 0.717) is 6.04 Å². The van der Waals surface area contributed by atoms with E-state index in [1.807, 2.05) is 6.92 Å². The molecule has 0 radical (unpaired) electrons. The Bertz CT molecular complexity index is 468. The first kappa shape index (κ1) is 14.1. The summed E-state index contributed by atoms with van der Waals surface area (Å²) >= 11 is 0. The fraction of sp³-hybridized carbons (Fsp3) is 0.750. The zero-order chi connectivity index (χ0) is 14.3. The maximum Gasteiger partial charge on any atom is 0.105 e. The minimum Gasteiger partial charge on any atom is -0.469 e. The van der Waals surface area contributed by atoms with Gasteiger partial charge in [0.1, 0.15) is 5.76 Å². The molecule has 3 rings (SSSR count). The molecule has 2 N–H and O–H groups in total. The Morgan fingerprint density at radius 1 is 1.50 bits per heavy atom. The van der Waals surface area contributed by atoms with E-state index in [1.54, 1.807) is 6.26 Å². The van der Waals surface area contributed by atoms with Crippen LogP contribution in [-0.2, 0) is 6.54 Å². The van der Waals surface area contributed by atoms with Crippen molar-refractivity contribution in [3.63, 3.8) is 0 Å². The maximum atomic E-state index is 6.19. The Morgan fingerprint density at radius 3 is 2.80 bits per heavy atom. The molecule has 2 heterocycles. The van der Waals surface area contributed by atoms with Crippen molar-refractivity contribution >= 4 is 0 Å². The molecule has 1 aliphatic heterocycles. The van der Waals surface area contributed by atoms with Gasteiger partial charge in [0.2, 0.25) is 0 Å². The van der Waals surface area contributed by atoms with Gasteiger partial charge in [-0.05, 0) is 46.2 Å². The Hall–Kier alpha value is -0.840. The Labute approximate surface area is 121 Å². The molecule has 4 nitrogen and oxygen atoms in total. The molecule has 1 saturated carbocycles. The molecule has 4 heteroatoms. The topological polar surface area (TPSA) is 45.6 Å². The van der Waals surface area contributed by atoms with Gasteiger partial charge in [0.15, 0.2) is 0 Å². The van der Waals surface area contributed by atoms with E-state index in [1.165, 1.54) is 24.8 Å². The molecule has 0 aromatic carbocycles. The van der Waals surface area contributed by atoms with Crippen LogP contribution >= 0.6 is 0 Å². The standard InChI is InChI=1S/C16H27N3O/c1-12-8-16(10-17,11-19(12)15-4-5-15)18(3)9-14-6-7-20-13(14)2/h6-7,12,15H,4-5,8-11,17H2,1-3H3. The molecule has 20 heavy (non-hydrogen) atoms. The lowest BCUT2D eigenvalue weighted by molar-refractivity contribution is 0.120. The average Bonchev–Trinajstić information content (AvgIpc) is 3.11. The van der Waals surface area contributed by atoms with E-state index in [-0.39, 0.29) is 5.54 Å². The minimum atomic E-state index is 0.117. The van der Waals surface area contributed by atoms with Crippen LogP contribution < -0.4 is 5.73 Å². The number of likely N-dealkylation sites (tertiary alicyclic amines) is 1. The number of likely N-dealkylation sites (N-methyl/N-ethyl adjacent to an activating group) is 1. The number of nitrogens with zero attached hydrogens (tertiary/aromatic N) is 2. The molecule has 2 aliphatic rings. The van der Waals surface area contributed by atoms with Gasteiger partial charge in [0, 0.05) is 42.8 Å². The zero-order valence-corrected chi connectivity index (χ0v) is 12.9. The van der Waals surface area contributed by atoms with E-state index in [9.17, 15) is 0 Å². The van der Waals surface area contributed by atoms with Crippen molar-refractivity contribution in [2.45, 2.75) is 57.3 Å². The Morgan fingerprint density at radius 2 is 2.25 bits per heavy atom. The van der Waals surface area contributed by atoms with Crippen molar-refractivity contribution in [2.24, 2.45) is 5.73 Å². The van der Waals surface area contributed by atoms with Crippen molar-refractivity contribution in [3.8, 4) is 0 Å². The molecule has 2 unspecified atom stereocenters. The first-order valence-electron chi connectivity index (χ1n) is 7.76. The lowest BCUT2D eigenvalue weighted by atomic mass is 9.94. The predicted molar refractivity (Wildman–Crippen MR) is 80.5 cm³/mol. The van der Waals surface area contributed by atoms with Gasteiger partial charge in [0.05, 0.1) is 6.26 Å². The minimum absolute atomic E-state index is 0.117. The van der Waals surface area contributed by atoms with Crippen molar-refractivity contribution in [2.75, 3.05) is 20.1 Å². The van der Waals surface area contributed by atoms with Gasteiger partial charge in [0.25, 0.3) is 0 Å². The SMILES string of the molecule is Cc1occc1CN(C)C1(CN)CC(C)N(C2CC2)C1. The molecule has 2 fully saturated rings. The second kappa shape index (κ2) is 5.17. The van der Waals surface area contributed by atoms with Crippen LogP contribution in [0.5, 0.6) is 0 Å². The van der Waals surface area contributed by atoms with Crippen molar-refractivity contribution < 1.29 is 4.42 Å². The molecule has 2 atom stereocenters. The summed E-state index contributed by atoms with van der Waals surface area (Å²) in [6, 6.07) is 3.55. The molecule has 1 aliphatic carbocycles. The second-order valence-electron chi connectivity index (χ2n) is 6.74. The molecular weight excluding hydrogens is 250 g/mol. The van der Waals surface area contributed by atoms with E-state index >= 15 is 0 Å². The number of hydrogen-bond acceptors (Lipinski definition) is 4. The van der Waals surface area contributed by atoms with Gasteiger partial charge in [-0.25, -0.2) is 0 Å². The molecule has 0 spiro atoms. The fourth-order valence-electron chi connectivity index (χ4n) is 3.70. The predicted octanol–water partition coefficient (Wildman–Crippen LogP) is 1.97. The summed E-state index contributed by atoms with van der Waals surface area (Å²) in [5.41, 5.74) is 7.58. The third kappa shape index (κ3) is 2.41. The molecule has 1 saturated heterocycles. The Balaban J connectivity index is 1.73. The monoisotopic (exact) mass is 277 g/mol. The van der Waals surface area contributed by atoms with Gasteiger partial charge >= 0.3 is 0 Å². The van der Waals surface area contributed by atoms with Gasteiger partial charge in [-0.3, -0.25) is 9.80 Å². The van der Waals surface area contributed by atoms with Crippen LogP contribution in [0, 0.1) is 6.92 Å². The second-order valence-corrected chi connectivity index (χ2v) is 6.74. The van der Waals surface area contributed by atoms with Crippen LogP contribution in [-0.4, -0.2) is 47.6 Å². The summed E-state index contributed by atoms with van der Waals surface area (Å²) in [5, 5.41) is 0. The van der Waals surface area contributed by atoms with Crippen molar-refractivity contribution in [3.05, 3.63) is 23.7 Å². The number of rotatable bonds is 5. The summed E-state index contributed by atoms with van der Waals surface area (Å²) in [6.45, 7) is 7.15. The largest absolute Gasteiger partial charge is 0.469 e. The zero-order valence-electron chi connectivity index (χ0n) is 12.9. The quantitative estimate of drug-likeness (QED) is 0.894. The molecule has 0 amide bonds. The molecular formula is C16H27N3O. The number of aryl methyl sites for hydroxylation is 1. The average molecular weight is 277 g/mol. The summed E-state index contributed by atoms with van der Waals surface area (Å²) < 4.78 is 5.42. The molecule has 1 aromatic rings. The van der Waals surface area contributed by atoms with Crippen molar-refractivity contribution in [1.82, 2.24) is 9.80 Å². The normalized spacial score (nSPS) is 31.4. The fourth-order valence-corrected chi connectivity index (χ4v) is 3.70. The highest BCUT2D eigenvalue weighted by Gasteiger charge is 2.48. The highest BCUT2D eigenvalue weighted by molar-refractivity contribution is 5.17. The first-order valence-corrected chi connectivity index (χ1v) is 7.76. The Kier molecular flexibility index (Phi) is 3.65. The third-order valence-electron chi connectivity index (χ3n) is 5.30. The van der Waals surface area contributed by atoms with Crippen LogP contribution in [0.15, 0.2) is 16.7 Å². The number of nitrogens with two attached hydrogens (primary N) is 1.